The Morgan fingerprint density at radius 1 is 1.23 bits per heavy atom. The van der Waals surface area contributed by atoms with Crippen molar-refractivity contribution < 1.29 is 4.74 Å². The normalized spacial score (nSPS) is 12.8. The van der Waals surface area contributed by atoms with Crippen molar-refractivity contribution in [1.82, 2.24) is 0 Å². The SMILES string of the molecule is COC(C)Cc1ccc(CBr)cc1. The van der Waals surface area contributed by atoms with Crippen LogP contribution in [0, 0.1) is 0 Å². The third-order valence-electron chi connectivity index (χ3n) is 2.10. The molecule has 0 bridgehead atoms. The molecule has 0 aromatic heterocycles. The molecular weight excluding hydrogens is 228 g/mol. The molecule has 0 N–H and O–H groups in total. The third kappa shape index (κ3) is 3.49. The monoisotopic (exact) mass is 242 g/mol. The van der Waals surface area contributed by atoms with Crippen molar-refractivity contribution in [2.24, 2.45) is 0 Å². The van der Waals surface area contributed by atoms with Crippen LogP contribution in [0.2, 0.25) is 0 Å². The predicted molar refractivity (Wildman–Crippen MR) is 59.2 cm³/mol. The average Bonchev–Trinajstić information content (AvgIpc) is 2.19. The molecule has 1 nitrogen and oxygen atoms in total. The van der Waals surface area contributed by atoms with Gasteiger partial charge in [-0.25, -0.2) is 0 Å². The van der Waals surface area contributed by atoms with Gasteiger partial charge in [-0.2, -0.15) is 0 Å². The lowest BCUT2D eigenvalue weighted by atomic mass is 10.1. The first-order valence-corrected chi connectivity index (χ1v) is 5.55. The average molecular weight is 243 g/mol. The van der Waals surface area contributed by atoms with Crippen molar-refractivity contribution in [1.29, 1.82) is 0 Å². The third-order valence-corrected chi connectivity index (χ3v) is 2.75. The summed E-state index contributed by atoms with van der Waals surface area (Å²) in [5, 5.41) is 0.924. The Bertz CT molecular complexity index is 243. The fourth-order valence-electron chi connectivity index (χ4n) is 1.18. The van der Waals surface area contributed by atoms with Crippen LogP contribution < -0.4 is 0 Å². The van der Waals surface area contributed by atoms with Gasteiger partial charge in [-0.1, -0.05) is 40.2 Å². The van der Waals surface area contributed by atoms with Gasteiger partial charge in [0.2, 0.25) is 0 Å². The molecule has 0 aliphatic rings. The molecule has 0 aliphatic carbocycles. The summed E-state index contributed by atoms with van der Waals surface area (Å²) in [6.07, 6.45) is 1.29. The highest BCUT2D eigenvalue weighted by Crippen LogP contribution is 2.10. The van der Waals surface area contributed by atoms with E-state index in [-0.39, 0.29) is 0 Å². The standard InChI is InChI=1S/C11H15BrO/c1-9(13-2)7-10-3-5-11(8-12)6-4-10/h3-6,9H,7-8H2,1-2H3. The van der Waals surface area contributed by atoms with Crippen molar-refractivity contribution in [3.8, 4) is 0 Å². The summed E-state index contributed by atoms with van der Waals surface area (Å²) in [5.74, 6) is 0. The summed E-state index contributed by atoms with van der Waals surface area (Å²) in [5.41, 5.74) is 2.65. The van der Waals surface area contributed by atoms with Crippen LogP contribution in [0.25, 0.3) is 0 Å². The minimum atomic E-state index is 0.301. The first kappa shape index (κ1) is 10.7. The quantitative estimate of drug-likeness (QED) is 0.738. The second kappa shape index (κ2) is 5.40. The van der Waals surface area contributed by atoms with Crippen molar-refractivity contribution >= 4 is 15.9 Å². The molecule has 0 heterocycles. The number of benzene rings is 1. The molecule has 0 saturated carbocycles. The Hall–Kier alpha value is -0.340. The summed E-state index contributed by atoms with van der Waals surface area (Å²) < 4.78 is 5.20. The Morgan fingerprint density at radius 2 is 1.77 bits per heavy atom. The molecule has 1 aromatic carbocycles. The molecule has 1 rings (SSSR count). The van der Waals surface area contributed by atoms with Crippen LogP contribution in [0.4, 0.5) is 0 Å². The van der Waals surface area contributed by atoms with Gasteiger partial charge in [-0.05, 0) is 24.5 Å². The second-order valence-corrected chi connectivity index (χ2v) is 3.76. The van der Waals surface area contributed by atoms with E-state index >= 15 is 0 Å². The number of hydrogen-bond acceptors (Lipinski definition) is 1. The molecule has 0 fully saturated rings. The zero-order valence-electron chi connectivity index (χ0n) is 8.09. The fourth-order valence-corrected chi connectivity index (χ4v) is 1.55. The van der Waals surface area contributed by atoms with Gasteiger partial charge >= 0.3 is 0 Å². The number of rotatable bonds is 4. The van der Waals surface area contributed by atoms with Gasteiger partial charge in [0.05, 0.1) is 6.10 Å². The summed E-state index contributed by atoms with van der Waals surface area (Å²) in [4.78, 5) is 0. The van der Waals surface area contributed by atoms with Crippen LogP contribution in [0.5, 0.6) is 0 Å². The molecular formula is C11H15BrO. The van der Waals surface area contributed by atoms with Crippen LogP contribution in [-0.4, -0.2) is 13.2 Å². The molecule has 1 aromatic rings. The Labute approximate surface area is 88.2 Å². The van der Waals surface area contributed by atoms with Crippen molar-refractivity contribution in [3.05, 3.63) is 35.4 Å². The van der Waals surface area contributed by atoms with Crippen LogP contribution >= 0.6 is 15.9 Å². The summed E-state index contributed by atoms with van der Waals surface area (Å²) in [6, 6.07) is 8.61. The van der Waals surface area contributed by atoms with E-state index < -0.39 is 0 Å². The number of halogens is 1. The van der Waals surface area contributed by atoms with Crippen LogP contribution in [0.1, 0.15) is 18.1 Å². The summed E-state index contributed by atoms with van der Waals surface area (Å²) in [6.45, 7) is 2.08. The van der Waals surface area contributed by atoms with E-state index in [2.05, 4.69) is 47.1 Å². The zero-order chi connectivity index (χ0) is 9.68. The van der Waals surface area contributed by atoms with Crippen molar-refractivity contribution in [2.75, 3.05) is 7.11 Å². The van der Waals surface area contributed by atoms with E-state index in [0.717, 1.165) is 11.8 Å². The lowest BCUT2D eigenvalue weighted by Crippen LogP contribution is -2.08. The van der Waals surface area contributed by atoms with Crippen molar-refractivity contribution in [2.45, 2.75) is 24.8 Å². The molecule has 0 aliphatic heterocycles. The molecule has 0 saturated heterocycles. The van der Waals surface area contributed by atoms with Gasteiger partial charge in [-0.3, -0.25) is 0 Å². The first-order chi connectivity index (χ1) is 6.26. The van der Waals surface area contributed by atoms with E-state index in [0.29, 0.717) is 6.10 Å². The minimum Gasteiger partial charge on any atom is -0.381 e. The maximum atomic E-state index is 5.20. The highest BCUT2D eigenvalue weighted by atomic mass is 79.9. The van der Waals surface area contributed by atoms with Gasteiger partial charge in [0.25, 0.3) is 0 Å². The second-order valence-electron chi connectivity index (χ2n) is 3.20. The predicted octanol–water partition coefficient (Wildman–Crippen LogP) is 3.16. The van der Waals surface area contributed by atoms with Crippen LogP contribution in [-0.2, 0) is 16.5 Å². The number of ether oxygens (including phenoxy) is 1. The Balaban J connectivity index is 2.58. The highest BCUT2D eigenvalue weighted by Gasteiger charge is 2.00. The first-order valence-electron chi connectivity index (χ1n) is 4.43. The van der Waals surface area contributed by atoms with E-state index in [4.69, 9.17) is 4.74 Å². The van der Waals surface area contributed by atoms with Gasteiger partial charge in [0.1, 0.15) is 0 Å². The maximum Gasteiger partial charge on any atom is 0.0583 e. The molecule has 1 unspecified atom stereocenters. The smallest absolute Gasteiger partial charge is 0.0583 e. The number of methoxy groups -OCH3 is 1. The fraction of sp³-hybridized carbons (Fsp3) is 0.455. The summed E-state index contributed by atoms with van der Waals surface area (Å²) in [7, 11) is 1.75. The molecule has 0 radical (unpaired) electrons. The Kier molecular flexibility index (Phi) is 4.46. The minimum absolute atomic E-state index is 0.301. The lowest BCUT2D eigenvalue weighted by Gasteiger charge is -2.09. The van der Waals surface area contributed by atoms with Gasteiger partial charge < -0.3 is 4.74 Å². The van der Waals surface area contributed by atoms with E-state index in [1.165, 1.54) is 11.1 Å². The van der Waals surface area contributed by atoms with E-state index in [1.807, 2.05) is 0 Å². The molecule has 0 spiro atoms. The molecule has 13 heavy (non-hydrogen) atoms. The molecule has 1 atom stereocenters. The molecule has 2 heteroatoms. The van der Waals surface area contributed by atoms with E-state index in [9.17, 15) is 0 Å². The van der Waals surface area contributed by atoms with Gasteiger partial charge in [0, 0.05) is 12.4 Å². The Morgan fingerprint density at radius 3 is 2.23 bits per heavy atom. The molecule has 0 amide bonds. The van der Waals surface area contributed by atoms with Gasteiger partial charge in [0.15, 0.2) is 0 Å². The van der Waals surface area contributed by atoms with Crippen LogP contribution in [0.15, 0.2) is 24.3 Å². The van der Waals surface area contributed by atoms with Gasteiger partial charge in [-0.15, -0.1) is 0 Å². The summed E-state index contributed by atoms with van der Waals surface area (Å²) >= 11 is 3.42. The zero-order valence-corrected chi connectivity index (χ0v) is 9.67. The largest absolute Gasteiger partial charge is 0.381 e. The lowest BCUT2D eigenvalue weighted by molar-refractivity contribution is 0.119. The molecule has 72 valence electrons. The van der Waals surface area contributed by atoms with E-state index in [1.54, 1.807) is 7.11 Å². The number of hydrogen-bond donors (Lipinski definition) is 0. The van der Waals surface area contributed by atoms with Crippen LogP contribution in [0.3, 0.4) is 0 Å². The maximum absolute atomic E-state index is 5.20. The van der Waals surface area contributed by atoms with Crippen molar-refractivity contribution in [3.63, 3.8) is 0 Å². The topological polar surface area (TPSA) is 9.23 Å². The number of alkyl halides is 1. The highest BCUT2D eigenvalue weighted by molar-refractivity contribution is 9.08.